The van der Waals surface area contributed by atoms with E-state index in [1.165, 1.54) is 12.4 Å². The minimum atomic E-state index is -0.202. The van der Waals surface area contributed by atoms with Gasteiger partial charge in [0.25, 0.3) is 11.8 Å². The number of rotatable bonds is 7. The molecule has 0 aliphatic carbocycles. The lowest BCUT2D eigenvalue weighted by Crippen LogP contribution is -2.04. The van der Waals surface area contributed by atoms with Gasteiger partial charge in [-0.25, -0.2) is 15.0 Å². The highest BCUT2D eigenvalue weighted by Gasteiger charge is 2.15. The molecule has 0 radical (unpaired) electrons. The summed E-state index contributed by atoms with van der Waals surface area (Å²) in [6, 6.07) is 19.8. The number of hydrogen-bond acceptors (Lipinski definition) is 7. The Kier molecular flexibility index (Phi) is 5.24. The molecule has 0 saturated heterocycles. The molecule has 0 aliphatic heterocycles. The van der Waals surface area contributed by atoms with Crippen molar-refractivity contribution < 1.29 is 14.3 Å². The van der Waals surface area contributed by atoms with E-state index in [1.54, 1.807) is 30.5 Å². The van der Waals surface area contributed by atoms with E-state index in [9.17, 15) is 4.79 Å². The van der Waals surface area contributed by atoms with Crippen LogP contribution in [0.2, 0.25) is 0 Å². The summed E-state index contributed by atoms with van der Waals surface area (Å²) in [5, 5.41) is 0. The summed E-state index contributed by atoms with van der Waals surface area (Å²) in [6.07, 6.45) is 4.74. The number of para-hydroxylation sites is 2. The van der Waals surface area contributed by atoms with E-state index in [0.29, 0.717) is 17.1 Å². The third-order valence-corrected chi connectivity index (χ3v) is 4.65. The summed E-state index contributed by atoms with van der Waals surface area (Å²) in [4.78, 5) is 32.8. The van der Waals surface area contributed by atoms with Gasteiger partial charge in [-0.3, -0.25) is 9.78 Å². The molecule has 32 heavy (non-hydrogen) atoms. The van der Waals surface area contributed by atoms with Crippen LogP contribution in [0.3, 0.4) is 0 Å². The van der Waals surface area contributed by atoms with Crippen molar-refractivity contribution in [1.82, 2.24) is 24.9 Å². The summed E-state index contributed by atoms with van der Waals surface area (Å²) in [5.74, 6) is 1.06. The molecule has 0 atom stereocenters. The molecule has 3 heterocycles. The van der Waals surface area contributed by atoms with Gasteiger partial charge in [-0.05, 0) is 48.5 Å². The Morgan fingerprint density at radius 1 is 0.812 bits per heavy atom. The van der Waals surface area contributed by atoms with Crippen molar-refractivity contribution in [3.63, 3.8) is 0 Å². The maximum Gasteiger partial charge on any atom is 0.283 e. The van der Waals surface area contributed by atoms with Crippen LogP contribution in [0.15, 0.2) is 85.3 Å². The zero-order chi connectivity index (χ0) is 21.8. The number of benzene rings is 2. The fraction of sp³-hybridized carbons (Fsp3) is 0.0417. The fourth-order valence-corrected chi connectivity index (χ4v) is 3.09. The van der Waals surface area contributed by atoms with Gasteiger partial charge < -0.3 is 14.5 Å². The number of hydrogen-bond donors (Lipinski definition) is 1. The maximum absolute atomic E-state index is 12.8. The molecular formula is C24H17N5O3. The van der Waals surface area contributed by atoms with Gasteiger partial charge in [0.05, 0.1) is 16.7 Å². The van der Waals surface area contributed by atoms with Crippen LogP contribution in [0.1, 0.15) is 21.9 Å². The molecular weight excluding hydrogens is 406 g/mol. The monoisotopic (exact) mass is 423 g/mol. The third-order valence-electron chi connectivity index (χ3n) is 4.65. The molecule has 0 spiro atoms. The molecule has 5 aromatic rings. The number of aromatic nitrogens is 5. The van der Waals surface area contributed by atoms with Gasteiger partial charge in [-0.1, -0.05) is 18.2 Å². The van der Waals surface area contributed by atoms with E-state index in [0.717, 1.165) is 16.7 Å². The van der Waals surface area contributed by atoms with E-state index in [-0.39, 0.29) is 24.2 Å². The second kappa shape index (κ2) is 8.65. The topological polar surface area (TPSA) is 103 Å². The number of nitrogens with one attached hydrogen (secondary N) is 1. The second-order valence-electron chi connectivity index (χ2n) is 6.83. The van der Waals surface area contributed by atoms with Gasteiger partial charge in [0.1, 0.15) is 12.4 Å². The zero-order valence-corrected chi connectivity index (χ0v) is 16.8. The van der Waals surface area contributed by atoms with E-state index >= 15 is 0 Å². The van der Waals surface area contributed by atoms with E-state index < -0.39 is 0 Å². The number of carbonyl (C=O) groups excluding carboxylic acids is 1. The molecule has 8 heteroatoms. The number of aromatic amines is 1. The first-order valence-corrected chi connectivity index (χ1v) is 9.87. The van der Waals surface area contributed by atoms with Crippen molar-refractivity contribution >= 4 is 16.8 Å². The van der Waals surface area contributed by atoms with Crippen molar-refractivity contribution in [2.24, 2.45) is 0 Å². The molecule has 0 saturated carbocycles. The predicted octanol–water partition coefficient (Wildman–Crippen LogP) is 4.35. The lowest BCUT2D eigenvalue weighted by molar-refractivity contribution is 0.103. The number of ether oxygens (including phenoxy) is 2. The maximum atomic E-state index is 12.8. The third kappa shape index (κ3) is 4.15. The molecule has 0 fully saturated rings. The van der Waals surface area contributed by atoms with Gasteiger partial charge in [-0.15, -0.1) is 0 Å². The molecule has 1 N–H and O–H groups in total. The molecule has 0 bridgehead atoms. The quantitative estimate of drug-likeness (QED) is 0.388. The van der Waals surface area contributed by atoms with Crippen LogP contribution in [0, 0.1) is 0 Å². The van der Waals surface area contributed by atoms with Crippen LogP contribution in [-0.2, 0) is 6.61 Å². The Morgan fingerprint density at radius 2 is 1.59 bits per heavy atom. The first-order chi connectivity index (χ1) is 15.8. The lowest BCUT2D eigenvalue weighted by Gasteiger charge is -2.10. The standard InChI is InChI=1S/C24H17N5O3/c30-21(22-28-19-6-1-2-7-20(19)29-22)16-8-10-18(11-9-16)32-24-23(26-13-14-27-24)31-15-17-5-3-4-12-25-17/h1-14H,15H2,(H,28,29). The Morgan fingerprint density at radius 3 is 2.38 bits per heavy atom. The van der Waals surface area contributed by atoms with Gasteiger partial charge >= 0.3 is 0 Å². The Bertz CT molecular complexity index is 1330. The summed E-state index contributed by atoms with van der Waals surface area (Å²) >= 11 is 0. The van der Waals surface area contributed by atoms with Crippen LogP contribution in [0.4, 0.5) is 0 Å². The van der Waals surface area contributed by atoms with Gasteiger partial charge in [0.15, 0.2) is 5.82 Å². The highest BCUT2D eigenvalue weighted by Crippen LogP contribution is 2.27. The van der Waals surface area contributed by atoms with Crippen LogP contribution >= 0.6 is 0 Å². The summed E-state index contributed by atoms with van der Waals surface area (Å²) in [5.41, 5.74) is 2.81. The molecule has 5 rings (SSSR count). The molecule has 0 aliphatic rings. The minimum Gasteiger partial charge on any atom is -0.467 e. The summed E-state index contributed by atoms with van der Waals surface area (Å²) in [7, 11) is 0. The second-order valence-corrected chi connectivity index (χ2v) is 6.83. The number of H-pyrrole nitrogens is 1. The molecule has 3 aromatic heterocycles. The van der Waals surface area contributed by atoms with E-state index in [1.807, 2.05) is 42.5 Å². The van der Waals surface area contributed by atoms with Crippen LogP contribution in [-0.4, -0.2) is 30.7 Å². The van der Waals surface area contributed by atoms with Gasteiger partial charge in [0.2, 0.25) is 5.78 Å². The van der Waals surface area contributed by atoms with Crippen molar-refractivity contribution in [1.29, 1.82) is 0 Å². The normalized spacial score (nSPS) is 10.8. The van der Waals surface area contributed by atoms with Gasteiger partial charge in [0, 0.05) is 24.2 Å². The van der Waals surface area contributed by atoms with Crippen LogP contribution in [0.25, 0.3) is 11.0 Å². The number of fused-ring (bicyclic) bond motifs is 1. The smallest absolute Gasteiger partial charge is 0.283 e. The fourth-order valence-electron chi connectivity index (χ4n) is 3.09. The molecule has 8 nitrogen and oxygen atoms in total. The van der Waals surface area contributed by atoms with Crippen molar-refractivity contribution in [3.8, 4) is 17.5 Å². The van der Waals surface area contributed by atoms with Crippen molar-refractivity contribution in [2.75, 3.05) is 0 Å². The average molecular weight is 423 g/mol. The molecule has 0 unspecified atom stereocenters. The van der Waals surface area contributed by atoms with Crippen molar-refractivity contribution in [2.45, 2.75) is 6.61 Å². The Hall–Kier alpha value is -4.59. The zero-order valence-electron chi connectivity index (χ0n) is 16.8. The largest absolute Gasteiger partial charge is 0.467 e. The number of ketones is 1. The number of imidazole rings is 1. The minimum absolute atomic E-state index is 0.202. The van der Waals surface area contributed by atoms with E-state index in [4.69, 9.17) is 9.47 Å². The lowest BCUT2D eigenvalue weighted by atomic mass is 10.1. The van der Waals surface area contributed by atoms with Crippen LogP contribution in [0.5, 0.6) is 17.5 Å². The number of pyridine rings is 1. The first-order valence-electron chi connectivity index (χ1n) is 9.87. The van der Waals surface area contributed by atoms with E-state index in [2.05, 4.69) is 24.9 Å². The number of carbonyl (C=O) groups is 1. The highest BCUT2D eigenvalue weighted by molar-refractivity contribution is 6.08. The van der Waals surface area contributed by atoms with Crippen LogP contribution < -0.4 is 9.47 Å². The SMILES string of the molecule is O=C(c1ccc(Oc2nccnc2OCc2ccccn2)cc1)c1nc2ccccc2[nH]1. The van der Waals surface area contributed by atoms with Gasteiger partial charge in [-0.2, -0.15) is 0 Å². The summed E-state index contributed by atoms with van der Waals surface area (Å²) in [6.45, 7) is 0.237. The molecule has 2 aromatic carbocycles. The molecule has 156 valence electrons. The first kappa shape index (κ1) is 19.4. The Balaban J connectivity index is 1.30. The predicted molar refractivity (Wildman–Crippen MR) is 117 cm³/mol. The average Bonchev–Trinajstić information content (AvgIpc) is 3.29. The molecule has 0 amide bonds. The Labute approximate surface area is 182 Å². The summed E-state index contributed by atoms with van der Waals surface area (Å²) < 4.78 is 11.5. The van der Waals surface area contributed by atoms with Crippen molar-refractivity contribution in [3.05, 3.63) is 102 Å². The number of nitrogens with zero attached hydrogens (tertiary/aromatic N) is 4. The highest BCUT2D eigenvalue weighted by atomic mass is 16.5.